The van der Waals surface area contributed by atoms with Gasteiger partial charge in [0.05, 0.1) is 0 Å². The zero-order chi connectivity index (χ0) is 10.0. The highest BCUT2D eigenvalue weighted by Gasteiger charge is 2.17. The molecule has 0 fully saturated rings. The molecule has 0 saturated carbocycles. The van der Waals surface area contributed by atoms with Crippen molar-refractivity contribution in [3.05, 3.63) is 26.0 Å². The molecule has 0 aliphatic rings. The van der Waals surface area contributed by atoms with E-state index in [9.17, 15) is 8.78 Å². The average molecular weight is 338 g/mol. The zero-order valence-corrected chi connectivity index (χ0v) is 9.87. The molecule has 1 aromatic heterocycles. The predicted molar refractivity (Wildman–Crippen MR) is 56.5 cm³/mol. The summed E-state index contributed by atoms with van der Waals surface area (Å²) in [6.07, 6.45) is -2.62. The lowest BCUT2D eigenvalue weighted by atomic mass is 10.2. The van der Waals surface area contributed by atoms with E-state index in [1.165, 1.54) is 6.07 Å². The topological polar surface area (TPSA) is 12.9 Å². The van der Waals surface area contributed by atoms with Gasteiger partial charge in [-0.3, -0.25) is 0 Å². The summed E-state index contributed by atoms with van der Waals surface area (Å²) in [5, 5.41) is 0.0476. The van der Waals surface area contributed by atoms with Gasteiger partial charge in [-0.1, -0.05) is 11.6 Å². The lowest BCUT2D eigenvalue weighted by Gasteiger charge is -2.06. The minimum Gasteiger partial charge on any atom is -0.234 e. The van der Waals surface area contributed by atoms with Gasteiger partial charge in [-0.25, -0.2) is 13.8 Å². The summed E-state index contributed by atoms with van der Waals surface area (Å²) in [4.78, 5) is 3.53. The molecule has 0 atom stereocenters. The maximum Gasteiger partial charge on any atom is 0.281 e. The molecule has 0 aliphatic carbocycles. The number of pyridine rings is 1. The van der Waals surface area contributed by atoms with Gasteiger partial charge in [0.25, 0.3) is 6.43 Å². The van der Waals surface area contributed by atoms with Gasteiger partial charge in [-0.15, -0.1) is 11.6 Å². The van der Waals surface area contributed by atoms with Gasteiger partial charge in [0.1, 0.15) is 10.8 Å². The van der Waals surface area contributed by atoms with Crippen LogP contribution in [-0.4, -0.2) is 4.98 Å². The van der Waals surface area contributed by atoms with Crippen LogP contribution in [0.5, 0.6) is 0 Å². The van der Waals surface area contributed by atoms with Crippen molar-refractivity contribution in [3.8, 4) is 0 Å². The summed E-state index contributed by atoms with van der Waals surface area (Å²) >= 11 is 12.9. The molecule has 0 N–H and O–H groups in total. The zero-order valence-electron chi connectivity index (χ0n) is 6.20. The number of hydrogen-bond acceptors (Lipinski definition) is 1. The van der Waals surface area contributed by atoms with Crippen molar-refractivity contribution in [1.82, 2.24) is 4.98 Å². The summed E-state index contributed by atoms with van der Waals surface area (Å²) in [6, 6.07) is 1.49. The van der Waals surface area contributed by atoms with E-state index in [1.807, 2.05) is 0 Å². The van der Waals surface area contributed by atoms with Crippen LogP contribution in [0.3, 0.4) is 0 Å². The van der Waals surface area contributed by atoms with E-state index in [0.717, 1.165) is 0 Å². The minimum atomic E-state index is -2.62. The fourth-order valence-electron chi connectivity index (χ4n) is 0.810. The van der Waals surface area contributed by atoms with E-state index in [1.54, 1.807) is 22.6 Å². The van der Waals surface area contributed by atoms with Crippen LogP contribution in [0.2, 0.25) is 5.15 Å². The molecule has 1 nitrogen and oxygen atoms in total. The highest BCUT2D eigenvalue weighted by Crippen LogP contribution is 2.28. The van der Waals surface area contributed by atoms with Crippen LogP contribution >= 0.6 is 45.8 Å². The summed E-state index contributed by atoms with van der Waals surface area (Å²) in [7, 11) is 0. The van der Waals surface area contributed by atoms with E-state index in [4.69, 9.17) is 23.2 Å². The van der Waals surface area contributed by atoms with Gasteiger partial charge in [0.15, 0.2) is 0 Å². The summed E-state index contributed by atoms with van der Waals surface area (Å²) in [5.74, 6) is 0.153. The van der Waals surface area contributed by atoms with Crippen molar-refractivity contribution in [3.63, 3.8) is 0 Å². The molecule has 0 spiro atoms. The number of alkyl halides is 3. The third-order valence-electron chi connectivity index (χ3n) is 1.38. The van der Waals surface area contributed by atoms with Gasteiger partial charge >= 0.3 is 0 Å². The Kier molecular flexibility index (Phi) is 4.12. The number of nitrogens with zero attached hydrogens (tertiary/aromatic N) is 1. The molecule has 1 rings (SSSR count). The van der Waals surface area contributed by atoms with E-state index >= 15 is 0 Å². The van der Waals surface area contributed by atoms with E-state index < -0.39 is 6.43 Å². The number of rotatable bonds is 2. The van der Waals surface area contributed by atoms with Crippen molar-refractivity contribution in [2.75, 3.05) is 0 Å². The summed E-state index contributed by atoms with van der Waals surface area (Å²) in [5.41, 5.74) is 0.279. The molecule has 0 radical (unpaired) electrons. The van der Waals surface area contributed by atoms with Crippen LogP contribution in [0.1, 0.15) is 17.7 Å². The third kappa shape index (κ3) is 2.63. The molecule has 0 saturated heterocycles. The largest absolute Gasteiger partial charge is 0.281 e. The molecule has 72 valence electrons. The van der Waals surface area contributed by atoms with Crippen LogP contribution in [0.4, 0.5) is 8.78 Å². The van der Waals surface area contributed by atoms with Gasteiger partial charge in [0.2, 0.25) is 0 Å². The van der Waals surface area contributed by atoms with Crippen molar-refractivity contribution in [2.24, 2.45) is 0 Å². The maximum atomic E-state index is 12.4. The number of aromatic nitrogens is 1. The quantitative estimate of drug-likeness (QED) is 0.451. The van der Waals surface area contributed by atoms with Crippen molar-refractivity contribution >= 4 is 45.8 Å². The van der Waals surface area contributed by atoms with Gasteiger partial charge in [-0.05, 0) is 34.2 Å². The van der Waals surface area contributed by atoms with Crippen molar-refractivity contribution < 1.29 is 8.78 Å². The summed E-state index contributed by atoms with van der Waals surface area (Å²) < 4.78 is 25.1. The van der Waals surface area contributed by atoms with Crippen LogP contribution < -0.4 is 0 Å². The molecular weight excluding hydrogens is 334 g/mol. The Morgan fingerprint density at radius 3 is 2.62 bits per heavy atom. The van der Waals surface area contributed by atoms with E-state index in [-0.39, 0.29) is 16.7 Å². The normalized spacial score (nSPS) is 10.9. The molecule has 0 aliphatic heterocycles. The van der Waals surface area contributed by atoms with Crippen LogP contribution in [0.15, 0.2) is 6.07 Å². The molecule has 1 heterocycles. The fourth-order valence-corrected chi connectivity index (χ4v) is 2.17. The lowest BCUT2D eigenvalue weighted by molar-refractivity contribution is 0.145. The van der Waals surface area contributed by atoms with Gasteiger partial charge in [0, 0.05) is 9.45 Å². The smallest absolute Gasteiger partial charge is 0.234 e. The summed E-state index contributed by atoms with van der Waals surface area (Å²) in [6.45, 7) is 0. The van der Waals surface area contributed by atoms with Crippen molar-refractivity contribution in [1.29, 1.82) is 0 Å². The molecule has 6 heteroatoms. The van der Waals surface area contributed by atoms with Crippen LogP contribution in [0.25, 0.3) is 0 Å². The molecule has 0 aromatic carbocycles. The molecule has 13 heavy (non-hydrogen) atoms. The monoisotopic (exact) mass is 337 g/mol. The SMILES string of the molecule is FC(F)c1nc(Cl)cc(CCl)c1I. The Balaban J connectivity index is 3.27. The number of halogens is 5. The first-order valence-corrected chi connectivity index (χ1v) is 5.24. The third-order valence-corrected chi connectivity index (χ3v) is 3.11. The molecular formula is C7H4Cl2F2IN. The van der Waals surface area contributed by atoms with Crippen LogP contribution in [-0.2, 0) is 5.88 Å². The van der Waals surface area contributed by atoms with Gasteiger partial charge < -0.3 is 0 Å². The molecule has 1 aromatic rings. The predicted octanol–water partition coefficient (Wildman–Crippen LogP) is 4.02. The second-order valence-electron chi connectivity index (χ2n) is 2.24. The highest BCUT2D eigenvalue weighted by atomic mass is 127. The highest BCUT2D eigenvalue weighted by molar-refractivity contribution is 14.1. The Morgan fingerprint density at radius 1 is 1.54 bits per heavy atom. The fraction of sp³-hybridized carbons (Fsp3) is 0.286. The molecule has 0 amide bonds. The standard InChI is InChI=1S/C7H4Cl2F2IN/c8-2-3-1-4(9)13-6(5(3)12)7(10)11/h1,7H,2H2. The Hall–Kier alpha value is 0.320. The first-order valence-electron chi connectivity index (χ1n) is 3.25. The second-order valence-corrected chi connectivity index (χ2v) is 3.97. The van der Waals surface area contributed by atoms with Crippen molar-refractivity contribution in [2.45, 2.75) is 12.3 Å². The minimum absolute atomic E-state index is 0.0476. The second kappa shape index (κ2) is 4.70. The Labute approximate surface area is 97.6 Å². The molecule has 0 unspecified atom stereocenters. The van der Waals surface area contributed by atoms with E-state index in [0.29, 0.717) is 9.13 Å². The molecule has 0 bridgehead atoms. The first kappa shape index (κ1) is 11.4. The maximum absolute atomic E-state index is 12.4. The first-order chi connectivity index (χ1) is 6.06. The Morgan fingerprint density at radius 2 is 2.15 bits per heavy atom. The van der Waals surface area contributed by atoms with Gasteiger partial charge in [-0.2, -0.15) is 0 Å². The average Bonchev–Trinajstić information content (AvgIpc) is 2.08. The van der Waals surface area contributed by atoms with Crippen LogP contribution in [0, 0.1) is 3.57 Å². The van der Waals surface area contributed by atoms with E-state index in [2.05, 4.69) is 4.98 Å². The lowest BCUT2D eigenvalue weighted by Crippen LogP contribution is -1.99. The Bertz CT molecular complexity index is 320. The number of hydrogen-bond donors (Lipinski definition) is 0.